The maximum atomic E-state index is 13.1. The average Bonchev–Trinajstić information content (AvgIpc) is 2.18. The van der Waals surface area contributed by atoms with Crippen molar-refractivity contribution in [2.75, 3.05) is 26.2 Å². The van der Waals surface area contributed by atoms with Crippen LogP contribution in [0, 0.1) is 5.41 Å². The maximum absolute atomic E-state index is 13.1. The summed E-state index contributed by atoms with van der Waals surface area (Å²) in [5.41, 5.74) is 0. The lowest BCUT2D eigenvalue weighted by molar-refractivity contribution is -0.153. The molecule has 2 fully saturated rings. The molecule has 1 heterocycles. The Hall–Kier alpha value is -0.710. The molecule has 0 spiro atoms. The summed E-state index contributed by atoms with van der Waals surface area (Å²) in [4.78, 5) is 3.72. The SMILES string of the molecule is N=CN1CCN(C2CCC2(F)F)CC1. The number of hydrogen-bond donors (Lipinski definition) is 1. The van der Waals surface area contributed by atoms with Gasteiger partial charge in [0.15, 0.2) is 0 Å². The van der Waals surface area contributed by atoms with Gasteiger partial charge < -0.3 is 4.90 Å². The first-order valence-corrected chi connectivity index (χ1v) is 5.00. The van der Waals surface area contributed by atoms with E-state index in [1.807, 2.05) is 9.80 Å². The number of rotatable bonds is 2. The van der Waals surface area contributed by atoms with E-state index in [4.69, 9.17) is 5.41 Å². The highest BCUT2D eigenvalue weighted by Gasteiger charge is 2.51. The van der Waals surface area contributed by atoms with Crippen LogP contribution in [-0.4, -0.2) is 54.3 Å². The van der Waals surface area contributed by atoms with E-state index in [2.05, 4.69) is 0 Å². The van der Waals surface area contributed by atoms with Crippen molar-refractivity contribution in [1.82, 2.24) is 9.80 Å². The zero-order valence-corrected chi connectivity index (χ0v) is 8.05. The van der Waals surface area contributed by atoms with Crippen LogP contribution in [0.5, 0.6) is 0 Å². The standard InChI is InChI=1S/C9H15F2N3/c10-9(11)2-1-8(9)14-5-3-13(7-12)4-6-14/h7-8,12H,1-6H2. The largest absolute Gasteiger partial charge is 0.361 e. The zero-order chi connectivity index (χ0) is 10.2. The van der Waals surface area contributed by atoms with Gasteiger partial charge in [-0.25, -0.2) is 8.78 Å². The Labute approximate surface area is 82.2 Å². The van der Waals surface area contributed by atoms with Crippen molar-refractivity contribution in [3.05, 3.63) is 0 Å². The van der Waals surface area contributed by atoms with Crippen LogP contribution in [0.3, 0.4) is 0 Å². The lowest BCUT2D eigenvalue weighted by Crippen LogP contribution is -2.60. The van der Waals surface area contributed by atoms with Crippen LogP contribution in [0.2, 0.25) is 0 Å². The van der Waals surface area contributed by atoms with E-state index in [-0.39, 0.29) is 6.42 Å². The molecule has 0 bridgehead atoms. The first-order chi connectivity index (χ1) is 6.63. The Bertz CT molecular complexity index is 224. The zero-order valence-electron chi connectivity index (χ0n) is 8.05. The molecule has 1 aliphatic heterocycles. The van der Waals surface area contributed by atoms with Gasteiger partial charge in [0.1, 0.15) is 0 Å². The summed E-state index contributed by atoms with van der Waals surface area (Å²) < 4.78 is 26.1. The Morgan fingerprint density at radius 2 is 1.86 bits per heavy atom. The third kappa shape index (κ3) is 1.61. The molecule has 14 heavy (non-hydrogen) atoms. The molecule has 5 heteroatoms. The van der Waals surface area contributed by atoms with Crippen LogP contribution in [0.1, 0.15) is 12.8 Å². The van der Waals surface area contributed by atoms with Crippen molar-refractivity contribution in [3.8, 4) is 0 Å². The van der Waals surface area contributed by atoms with Crippen molar-refractivity contribution in [2.24, 2.45) is 0 Å². The summed E-state index contributed by atoms with van der Waals surface area (Å²) in [6, 6.07) is -0.532. The average molecular weight is 203 g/mol. The predicted molar refractivity (Wildman–Crippen MR) is 49.9 cm³/mol. The molecule has 1 atom stereocenters. The normalized spacial score (nSPS) is 32.4. The smallest absolute Gasteiger partial charge is 0.263 e. The molecule has 0 aromatic heterocycles. The second-order valence-corrected chi connectivity index (χ2v) is 4.02. The van der Waals surface area contributed by atoms with E-state index in [0.29, 0.717) is 32.6 Å². The molecular weight excluding hydrogens is 188 g/mol. The number of hydrogen-bond acceptors (Lipinski definition) is 2. The van der Waals surface area contributed by atoms with Gasteiger partial charge in [-0.15, -0.1) is 0 Å². The molecule has 3 nitrogen and oxygen atoms in total. The fourth-order valence-corrected chi connectivity index (χ4v) is 2.12. The number of nitrogens with zero attached hydrogens (tertiary/aromatic N) is 2. The highest BCUT2D eigenvalue weighted by atomic mass is 19.3. The van der Waals surface area contributed by atoms with Crippen LogP contribution < -0.4 is 0 Å². The van der Waals surface area contributed by atoms with Gasteiger partial charge in [-0.1, -0.05) is 0 Å². The van der Waals surface area contributed by atoms with E-state index in [9.17, 15) is 8.78 Å². The van der Waals surface area contributed by atoms with E-state index >= 15 is 0 Å². The molecule has 1 saturated heterocycles. The molecule has 0 amide bonds. The number of piperazine rings is 1. The van der Waals surface area contributed by atoms with E-state index in [0.717, 1.165) is 0 Å². The Morgan fingerprint density at radius 3 is 2.21 bits per heavy atom. The van der Waals surface area contributed by atoms with Crippen LogP contribution in [0.15, 0.2) is 0 Å². The van der Waals surface area contributed by atoms with Crippen LogP contribution in [0.4, 0.5) is 8.78 Å². The minimum atomic E-state index is -2.47. The minimum absolute atomic E-state index is 0.0441. The fraction of sp³-hybridized carbons (Fsp3) is 0.889. The molecule has 0 aromatic rings. The summed E-state index contributed by atoms with van der Waals surface area (Å²) in [6.45, 7) is 2.73. The molecule has 0 aromatic carbocycles. The van der Waals surface area contributed by atoms with Gasteiger partial charge in [0.25, 0.3) is 5.92 Å². The third-order valence-corrected chi connectivity index (χ3v) is 3.21. The molecule has 1 N–H and O–H groups in total. The quantitative estimate of drug-likeness (QED) is 0.536. The number of nitrogens with one attached hydrogen (secondary N) is 1. The molecular formula is C9H15F2N3. The predicted octanol–water partition coefficient (Wildman–Crippen LogP) is 1.01. The van der Waals surface area contributed by atoms with Gasteiger partial charge in [0, 0.05) is 32.6 Å². The second kappa shape index (κ2) is 3.46. The van der Waals surface area contributed by atoms with Crippen molar-refractivity contribution in [2.45, 2.75) is 24.8 Å². The molecule has 1 unspecified atom stereocenters. The van der Waals surface area contributed by atoms with E-state index in [1.165, 1.54) is 6.34 Å². The van der Waals surface area contributed by atoms with Gasteiger partial charge >= 0.3 is 0 Å². The Balaban J connectivity index is 1.86. The van der Waals surface area contributed by atoms with Crippen LogP contribution in [-0.2, 0) is 0 Å². The highest BCUT2D eigenvalue weighted by molar-refractivity contribution is 5.50. The number of alkyl halides is 2. The van der Waals surface area contributed by atoms with Crippen molar-refractivity contribution >= 4 is 6.34 Å². The van der Waals surface area contributed by atoms with Crippen molar-refractivity contribution in [1.29, 1.82) is 5.41 Å². The fourth-order valence-electron chi connectivity index (χ4n) is 2.12. The van der Waals surface area contributed by atoms with E-state index in [1.54, 1.807) is 0 Å². The topological polar surface area (TPSA) is 30.3 Å². The molecule has 80 valence electrons. The molecule has 1 aliphatic carbocycles. The van der Waals surface area contributed by atoms with Gasteiger partial charge in [-0.2, -0.15) is 0 Å². The molecule has 0 radical (unpaired) electrons. The minimum Gasteiger partial charge on any atom is -0.361 e. The lowest BCUT2D eigenvalue weighted by atomic mass is 9.86. The molecule has 2 rings (SSSR count). The molecule has 1 saturated carbocycles. The van der Waals surface area contributed by atoms with Gasteiger partial charge in [-0.05, 0) is 6.42 Å². The Kier molecular flexibility index (Phi) is 2.43. The third-order valence-electron chi connectivity index (χ3n) is 3.21. The number of halogens is 2. The van der Waals surface area contributed by atoms with Gasteiger partial charge in [0.2, 0.25) is 0 Å². The van der Waals surface area contributed by atoms with Gasteiger partial charge in [-0.3, -0.25) is 10.3 Å². The summed E-state index contributed by atoms with van der Waals surface area (Å²) in [7, 11) is 0. The van der Waals surface area contributed by atoms with Crippen LogP contribution >= 0.6 is 0 Å². The monoisotopic (exact) mass is 203 g/mol. The summed E-state index contributed by atoms with van der Waals surface area (Å²) in [5, 5.41) is 7.04. The first-order valence-electron chi connectivity index (χ1n) is 5.00. The maximum Gasteiger partial charge on any atom is 0.263 e. The molecule has 2 aliphatic rings. The Morgan fingerprint density at radius 1 is 1.21 bits per heavy atom. The summed E-state index contributed by atoms with van der Waals surface area (Å²) >= 11 is 0. The van der Waals surface area contributed by atoms with E-state index < -0.39 is 12.0 Å². The van der Waals surface area contributed by atoms with Crippen molar-refractivity contribution in [3.63, 3.8) is 0 Å². The summed E-state index contributed by atoms with van der Waals surface area (Å²) in [5.74, 6) is -2.47. The lowest BCUT2D eigenvalue weighted by Gasteiger charge is -2.46. The first kappa shape index (κ1) is 9.83. The highest BCUT2D eigenvalue weighted by Crippen LogP contribution is 2.41. The summed E-state index contributed by atoms with van der Waals surface area (Å²) in [6.07, 6.45) is 1.95. The van der Waals surface area contributed by atoms with Crippen LogP contribution in [0.25, 0.3) is 0 Å². The second-order valence-electron chi connectivity index (χ2n) is 4.02. The van der Waals surface area contributed by atoms with Gasteiger partial charge in [0.05, 0.1) is 12.4 Å². The van der Waals surface area contributed by atoms with Crippen molar-refractivity contribution < 1.29 is 8.78 Å².